The molecule has 33 heavy (non-hydrogen) atoms. The van der Waals surface area contributed by atoms with Crippen LogP contribution in [0.2, 0.25) is 0 Å². The number of halogens is 3. The standard InChI is InChI=1S/C22H23F3N4O4/c1-12-4-19-15(9-31-12)22(10-23,29-21(26)33-19)14-5-13(2-3-16(14)25)6-18(30)17-7-28-20(8-27-17)32-11-24/h2-3,5,7-8,12,15,19H,4,6,9-11H2,1H3,(H2,26,29). The molecule has 11 heteroatoms. The summed E-state index contributed by atoms with van der Waals surface area (Å²) in [6.45, 7) is -0.102. The Labute approximate surface area is 188 Å². The predicted molar refractivity (Wildman–Crippen MR) is 111 cm³/mol. The van der Waals surface area contributed by atoms with Crippen molar-refractivity contribution in [3.05, 3.63) is 53.2 Å². The summed E-state index contributed by atoms with van der Waals surface area (Å²) in [6, 6.07) is 3.80. The van der Waals surface area contributed by atoms with Gasteiger partial charge >= 0.3 is 0 Å². The summed E-state index contributed by atoms with van der Waals surface area (Å²) in [5, 5.41) is 0. The number of benzene rings is 1. The Morgan fingerprint density at radius 1 is 1.30 bits per heavy atom. The van der Waals surface area contributed by atoms with Crippen LogP contribution in [0.15, 0.2) is 35.6 Å². The highest BCUT2D eigenvalue weighted by Gasteiger charge is 2.52. The zero-order chi connectivity index (χ0) is 23.6. The second-order valence-corrected chi connectivity index (χ2v) is 8.06. The molecule has 1 fully saturated rings. The van der Waals surface area contributed by atoms with Gasteiger partial charge in [-0.1, -0.05) is 6.07 Å². The lowest BCUT2D eigenvalue weighted by Gasteiger charge is -2.46. The van der Waals surface area contributed by atoms with Gasteiger partial charge in [-0.05, 0) is 24.6 Å². The summed E-state index contributed by atoms with van der Waals surface area (Å²) in [5.74, 6) is -1.74. The van der Waals surface area contributed by atoms with Crippen molar-refractivity contribution < 1.29 is 32.2 Å². The second-order valence-electron chi connectivity index (χ2n) is 8.06. The number of aromatic nitrogens is 2. The van der Waals surface area contributed by atoms with Crippen LogP contribution < -0.4 is 10.5 Å². The first-order valence-electron chi connectivity index (χ1n) is 10.4. The molecule has 4 atom stereocenters. The Balaban J connectivity index is 1.64. The van der Waals surface area contributed by atoms with Crippen LogP contribution in [0.5, 0.6) is 5.88 Å². The van der Waals surface area contributed by atoms with E-state index in [0.29, 0.717) is 12.0 Å². The van der Waals surface area contributed by atoms with E-state index in [9.17, 15) is 13.6 Å². The molecule has 176 valence electrons. The number of amidine groups is 1. The first kappa shape index (κ1) is 23.0. The summed E-state index contributed by atoms with van der Waals surface area (Å²) in [7, 11) is 0. The van der Waals surface area contributed by atoms with Gasteiger partial charge in [0.15, 0.2) is 5.78 Å². The average Bonchev–Trinajstić information content (AvgIpc) is 2.80. The molecule has 2 aromatic rings. The number of ether oxygens (including phenoxy) is 3. The van der Waals surface area contributed by atoms with Crippen molar-refractivity contribution in [2.75, 3.05) is 20.1 Å². The Morgan fingerprint density at radius 2 is 2.12 bits per heavy atom. The minimum absolute atomic E-state index is 0.0209. The van der Waals surface area contributed by atoms with E-state index in [4.69, 9.17) is 15.2 Å². The topological polar surface area (TPSA) is 109 Å². The minimum atomic E-state index is -1.64. The van der Waals surface area contributed by atoms with E-state index in [1.54, 1.807) is 0 Å². The van der Waals surface area contributed by atoms with E-state index in [-0.39, 0.29) is 42.3 Å². The smallest absolute Gasteiger partial charge is 0.283 e. The van der Waals surface area contributed by atoms with Crippen LogP contribution in [0, 0.1) is 11.7 Å². The zero-order valence-corrected chi connectivity index (χ0v) is 17.8. The summed E-state index contributed by atoms with van der Waals surface area (Å²) < 4.78 is 57.7. The number of hydrogen-bond acceptors (Lipinski definition) is 8. The fourth-order valence-corrected chi connectivity index (χ4v) is 4.31. The summed E-state index contributed by atoms with van der Waals surface area (Å²) >= 11 is 0. The molecule has 2 aliphatic rings. The van der Waals surface area contributed by atoms with Crippen molar-refractivity contribution in [3.8, 4) is 5.88 Å². The van der Waals surface area contributed by atoms with E-state index >= 15 is 4.39 Å². The number of rotatable bonds is 7. The van der Waals surface area contributed by atoms with Gasteiger partial charge in [0.05, 0.1) is 31.0 Å². The second kappa shape index (κ2) is 9.34. The Kier molecular flexibility index (Phi) is 6.50. The molecule has 0 spiro atoms. The molecule has 4 unspecified atom stereocenters. The quantitative estimate of drug-likeness (QED) is 0.628. The molecule has 0 aliphatic carbocycles. The van der Waals surface area contributed by atoms with Gasteiger partial charge in [-0.3, -0.25) is 4.79 Å². The molecule has 8 nitrogen and oxygen atoms in total. The van der Waals surface area contributed by atoms with Crippen LogP contribution in [0.1, 0.15) is 35.0 Å². The minimum Gasteiger partial charge on any atom is -0.462 e. The molecule has 1 aromatic carbocycles. The van der Waals surface area contributed by atoms with Crippen LogP contribution in [-0.2, 0) is 21.4 Å². The van der Waals surface area contributed by atoms with Crippen LogP contribution >= 0.6 is 0 Å². The number of fused-ring (bicyclic) bond motifs is 1. The number of ketones is 1. The van der Waals surface area contributed by atoms with Crippen LogP contribution in [0.25, 0.3) is 0 Å². The van der Waals surface area contributed by atoms with Crippen molar-refractivity contribution in [1.29, 1.82) is 0 Å². The van der Waals surface area contributed by atoms with Gasteiger partial charge in [0.25, 0.3) is 6.02 Å². The third kappa shape index (κ3) is 4.50. The van der Waals surface area contributed by atoms with Crippen molar-refractivity contribution in [2.24, 2.45) is 16.6 Å². The lowest BCUT2D eigenvalue weighted by molar-refractivity contribution is -0.109. The SMILES string of the molecule is CC1CC2OC(N)=NC(CF)(c3cc(CC(=O)c4cnc(OCF)cn4)ccc3F)C2CO1. The number of carbonyl (C=O) groups is 1. The van der Waals surface area contributed by atoms with Crippen molar-refractivity contribution in [1.82, 2.24) is 9.97 Å². The summed E-state index contributed by atoms with van der Waals surface area (Å²) in [6.07, 6.45) is 2.01. The van der Waals surface area contributed by atoms with E-state index < -0.39 is 42.7 Å². The Bertz CT molecular complexity index is 1050. The van der Waals surface area contributed by atoms with Gasteiger partial charge in [0.1, 0.15) is 29.8 Å². The highest BCUT2D eigenvalue weighted by Crippen LogP contribution is 2.45. The highest BCUT2D eigenvalue weighted by atomic mass is 19.1. The molecule has 0 saturated carbocycles. The Hall–Kier alpha value is -3.21. The van der Waals surface area contributed by atoms with Gasteiger partial charge in [-0.25, -0.2) is 28.1 Å². The molecular formula is C22H23F3N4O4. The van der Waals surface area contributed by atoms with Crippen molar-refractivity contribution in [2.45, 2.75) is 37.5 Å². The van der Waals surface area contributed by atoms with Crippen LogP contribution in [0.3, 0.4) is 0 Å². The normalized spacial score (nSPS) is 26.7. The van der Waals surface area contributed by atoms with Crippen molar-refractivity contribution >= 4 is 11.8 Å². The monoisotopic (exact) mass is 464 g/mol. The Morgan fingerprint density at radius 3 is 2.82 bits per heavy atom. The maximum Gasteiger partial charge on any atom is 0.283 e. The van der Waals surface area contributed by atoms with Crippen LogP contribution in [-0.4, -0.2) is 54.1 Å². The maximum atomic E-state index is 15.0. The molecular weight excluding hydrogens is 441 g/mol. The van der Waals surface area contributed by atoms with E-state index in [1.165, 1.54) is 18.2 Å². The maximum absolute atomic E-state index is 15.0. The summed E-state index contributed by atoms with van der Waals surface area (Å²) in [5.41, 5.74) is 4.64. The first-order chi connectivity index (χ1) is 15.9. The third-order valence-corrected chi connectivity index (χ3v) is 5.95. The number of alkyl halides is 2. The molecule has 2 N–H and O–H groups in total. The number of nitrogens with two attached hydrogens (primary N) is 1. The van der Waals surface area contributed by atoms with Gasteiger partial charge in [-0.2, -0.15) is 0 Å². The number of carbonyl (C=O) groups excluding carboxylic acids is 1. The van der Waals surface area contributed by atoms with Gasteiger partial charge in [0.2, 0.25) is 12.7 Å². The molecule has 0 amide bonds. The van der Waals surface area contributed by atoms with E-state index in [2.05, 4.69) is 19.7 Å². The largest absolute Gasteiger partial charge is 0.462 e. The zero-order valence-electron chi connectivity index (χ0n) is 17.8. The highest BCUT2D eigenvalue weighted by molar-refractivity contribution is 5.95. The van der Waals surface area contributed by atoms with Crippen molar-refractivity contribution in [3.63, 3.8) is 0 Å². The first-order valence-corrected chi connectivity index (χ1v) is 10.4. The van der Waals surface area contributed by atoms with Crippen LogP contribution in [0.4, 0.5) is 13.2 Å². The number of nitrogens with zero attached hydrogens (tertiary/aromatic N) is 3. The summed E-state index contributed by atoms with van der Waals surface area (Å²) in [4.78, 5) is 24.6. The number of Topliss-reactive ketones (excluding diaryl/α,β-unsaturated/α-hetero) is 1. The molecule has 4 rings (SSSR count). The van der Waals surface area contributed by atoms with E-state index in [1.807, 2.05) is 6.92 Å². The molecule has 0 radical (unpaired) electrons. The van der Waals surface area contributed by atoms with Gasteiger partial charge in [0, 0.05) is 18.4 Å². The number of hydrogen-bond donors (Lipinski definition) is 1. The molecule has 3 heterocycles. The molecule has 2 aliphatic heterocycles. The fourth-order valence-electron chi connectivity index (χ4n) is 4.31. The average molecular weight is 464 g/mol. The van der Waals surface area contributed by atoms with Gasteiger partial charge in [-0.15, -0.1) is 0 Å². The fraction of sp³-hybridized carbons (Fsp3) is 0.455. The molecule has 1 saturated heterocycles. The predicted octanol–water partition coefficient (Wildman–Crippen LogP) is 2.65. The lowest BCUT2D eigenvalue weighted by Crippen LogP contribution is -2.55. The third-order valence-electron chi connectivity index (χ3n) is 5.95. The molecule has 0 bridgehead atoms. The van der Waals surface area contributed by atoms with Gasteiger partial charge < -0.3 is 19.9 Å². The van der Waals surface area contributed by atoms with E-state index in [0.717, 1.165) is 12.4 Å². The lowest BCUT2D eigenvalue weighted by atomic mass is 9.73. The number of aliphatic imine (C=N–C) groups is 1. The molecule has 1 aromatic heterocycles.